The Balaban J connectivity index is 2.25. The summed E-state index contributed by atoms with van der Waals surface area (Å²) in [5, 5.41) is 9.58. The zero-order valence-electron chi connectivity index (χ0n) is 9.73. The van der Waals surface area contributed by atoms with Crippen LogP contribution in [0.1, 0.15) is 26.7 Å². The molecule has 0 aromatic heterocycles. The van der Waals surface area contributed by atoms with Crippen molar-refractivity contribution in [3.8, 4) is 0 Å². The van der Waals surface area contributed by atoms with Crippen molar-refractivity contribution in [3.05, 3.63) is 24.8 Å². The summed E-state index contributed by atoms with van der Waals surface area (Å²) in [6.07, 6.45) is 7.82. The summed E-state index contributed by atoms with van der Waals surface area (Å²) in [6.45, 7) is 8.37. The molecule has 2 nitrogen and oxygen atoms in total. The molecule has 1 N–H and O–H groups in total. The second-order valence-corrected chi connectivity index (χ2v) is 4.52. The number of aliphatic hydroxyl groups excluding tert-OH is 1. The number of hydrogen-bond acceptors (Lipinski definition) is 2. The van der Waals surface area contributed by atoms with E-state index in [1.165, 1.54) is 6.42 Å². The zero-order valence-corrected chi connectivity index (χ0v) is 9.73. The molecule has 0 fully saturated rings. The molecule has 0 heterocycles. The van der Waals surface area contributed by atoms with E-state index in [4.69, 9.17) is 4.74 Å². The molecule has 0 amide bonds. The fourth-order valence-electron chi connectivity index (χ4n) is 1.65. The molecule has 0 bridgehead atoms. The Morgan fingerprint density at radius 3 is 2.80 bits per heavy atom. The highest BCUT2D eigenvalue weighted by atomic mass is 16.6. The Labute approximate surface area is 92.6 Å². The average Bonchev–Trinajstić information content (AvgIpc) is 2.26. The molecule has 0 spiro atoms. The summed E-state index contributed by atoms with van der Waals surface area (Å²) >= 11 is 0. The third kappa shape index (κ3) is 4.18. The van der Waals surface area contributed by atoms with Crippen LogP contribution in [-0.4, -0.2) is 18.0 Å². The lowest BCUT2D eigenvalue weighted by Crippen LogP contribution is -2.23. The first-order chi connectivity index (χ1) is 7.13. The van der Waals surface area contributed by atoms with Gasteiger partial charge in [-0.05, 0) is 18.8 Å². The van der Waals surface area contributed by atoms with E-state index < -0.39 is 6.29 Å². The SMILES string of the molecule is C=CC(C)C(O)OCC1C=CC(C)CC1. The van der Waals surface area contributed by atoms with Gasteiger partial charge in [-0.15, -0.1) is 6.58 Å². The van der Waals surface area contributed by atoms with Crippen molar-refractivity contribution in [2.45, 2.75) is 33.0 Å². The summed E-state index contributed by atoms with van der Waals surface area (Å²) < 4.78 is 5.40. The van der Waals surface area contributed by atoms with Gasteiger partial charge in [0.05, 0.1) is 6.61 Å². The monoisotopic (exact) mass is 210 g/mol. The highest BCUT2D eigenvalue weighted by Gasteiger charge is 2.16. The van der Waals surface area contributed by atoms with E-state index in [1.54, 1.807) is 6.08 Å². The summed E-state index contributed by atoms with van der Waals surface area (Å²) in [6, 6.07) is 0. The molecule has 86 valence electrons. The molecule has 1 aliphatic carbocycles. The molecule has 0 radical (unpaired) electrons. The lowest BCUT2D eigenvalue weighted by Gasteiger charge is -2.23. The van der Waals surface area contributed by atoms with E-state index in [2.05, 4.69) is 25.7 Å². The van der Waals surface area contributed by atoms with Crippen molar-refractivity contribution in [3.63, 3.8) is 0 Å². The van der Waals surface area contributed by atoms with Gasteiger partial charge in [-0.1, -0.05) is 32.1 Å². The lowest BCUT2D eigenvalue weighted by atomic mass is 9.90. The van der Waals surface area contributed by atoms with Crippen LogP contribution < -0.4 is 0 Å². The summed E-state index contributed by atoms with van der Waals surface area (Å²) in [5.74, 6) is 1.16. The molecule has 15 heavy (non-hydrogen) atoms. The first-order valence-electron chi connectivity index (χ1n) is 5.74. The number of ether oxygens (including phenoxy) is 1. The fourth-order valence-corrected chi connectivity index (χ4v) is 1.65. The molecule has 0 aliphatic heterocycles. The first-order valence-corrected chi connectivity index (χ1v) is 5.74. The highest BCUT2D eigenvalue weighted by Crippen LogP contribution is 2.22. The van der Waals surface area contributed by atoms with Crippen molar-refractivity contribution in [2.75, 3.05) is 6.61 Å². The van der Waals surface area contributed by atoms with E-state index in [0.717, 1.165) is 6.42 Å². The molecule has 1 rings (SSSR count). The summed E-state index contributed by atoms with van der Waals surface area (Å²) in [7, 11) is 0. The van der Waals surface area contributed by atoms with Gasteiger partial charge in [0.15, 0.2) is 6.29 Å². The Hall–Kier alpha value is -0.600. The normalized spacial score (nSPS) is 29.8. The van der Waals surface area contributed by atoms with Crippen molar-refractivity contribution >= 4 is 0 Å². The lowest BCUT2D eigenvalue weighted by molar-refractivity contribution is -0.126. The van der Waals surface area contributed by atoms with E-state index >= 15 is 0 Å². The topological polar surface area (TPSA) is 29.5 Å². The Bertz CT molecular complexity index is 223. The quantitative estimate of drug-likeness (QED) is 0.558. The third-order valence-electron chi connectivity index (χ3n) is 3.01. The van der Waals surface area contributed by atoms with Gasteiger partial charge in [0.1, 0.15) is 0 Å². The Morgan fingerprint density at radius 1 is 1.53 bits per heavy atom. The van der Waals surface area contributed by atoms with Crippen molar-refractivity contribution in [2.24, 2.45) is 17.8 Å². The van der Waals surface area contributed by atoms with E-state index in [0.29, 0.717) is 18.4 Å². The van der Waals surface area contributed by atoms with Gasteiger partial charge in [0.25, 0.3) is 0 Å². The van der Waals surface area contributed by atoms with Gasteiger partial charge in [-0.3, -0.25) is 0 Å². The van der Waals surface area contributed by atoms with E-state index in [-0.39, 0.29) is 5.92 Å². The fraction of sp³-hybridized carbons (Fsp3) is 0.692. The molecule has 0 saturated heterocycles. The summed E-state index contributed by atoms with van der Waals surface area (Å²) in [4.78, 5) is 0. The van der Waals surface area contributed by atoms with Gasteiger partial charge in [0.2, 0.25) is 0 Å². The predicted octanol–water partition coefficient (Wildman–Crippen LogP) is 2.75. The molecule has 4 atom stereocenters. The van der Waals surface area contributed by atoms with Gasteiger partial charge in [0, 0.05) is 11.8 Å². The first kappa shape index (κ1) is 12.5. The average molecular weight is 210 g/mol. The minimum atomic E-state index is -0.713. The van der Waals surface area contributed by atoms with Crippen LogP contribution >= 0.6 is 0 Å². The highest BCUT2D eigenvalue weighted by molar-refractivity contribution is 4.96. The number of allylic oxidation sites excluding steroid dienone is 1. The molecule has 0 saturated carbocycles. The molecule has 4 unspecified atom stereocenters. The molecule has 0 aromatic rings. The van der Waals surface area contributed by atoms with Crippen LogP contribution in [0, 0.1) is 17.8 Å². The van der Waals surface area contributed by atoms with Gasteiger partial charge < -0.3 is 9.84 Å². The second-order valence-electron chi connectivity index (χ2n) is 4.52. The molecule has 0 aromatic carbocycles. The van der Waals surface area contributed by atoms with E-state index in [9.17, 15) is 5.11 Å². The smallest absolute Gasteiger partial charge is 0.160 e. The van der Waals surface area contributed by atoms with Crippen LogP contribution in [0.15, 0.2) is 24.8 Å². The minimum Gasteiger partial charge on any atom is -0.367 e. The van der Waals surface area contributed by atoms with Crippen molar-refractivity contribution in [1.29, 1.82) is 0 Å². The van der Waals surface area contributed by atoms with Crippen LogP contribution in [-0.2, 0) is 4.74 Å². The van der Waals surface area contributed by atoms with E-state index in [1.807, 2.05) is 6.92 Å². The maximum Gasteiger partial charge on any atom is 0.160 e. The zero-order chi connectivity index (χ0) is 11.3. The second kappa shape index (κ2) is 6.09. The predicted molar refractivity (Wildman–Crippen MR) is 62.3 cm³/mol. The van der Waals surface area contributed by atoms with Gasteiger partial charge >= 0.3 is 0 Å². The van der Waals surface area contributed by atoms with Crippen LogP contribution in [0.3, 0.4) is 0 Å². The Kier molecular flexibility index (Phi) is 5.06. The number of rotatable bonds is 5. The largest absolute Gasteiger partial charge is 0.367 e. The van der Waals surface area contributed by atoms with Gasteiger partial charge in [-0.25, -0.2) is 0 Å². The van der Waals surface area contributed by atoms with Crippen molar-refractivity contribution < 1.29 is 9.84 Å². The maximum absolute atomic E-state index is 9.58. The van der Waals surface area contributed by atoms with Crippen LogP contribution in [0.4, 0.5) is 0 Å². The number of hydrogen-bond donors (Lipinski definition) is 1. The van der Waals surface area contributed by atoms with Crippen LogP contribution in [0.2, 0.25) is 0 Å². The Morgan fingerprint density at radius 2 is 2.27 bits per heavy atom. The number of aliphatic hydroxyl groups is 1. The molecule has 1 aliphatic rings. The van der Waals surface area contributed by atoms with Gasteiger partial charge in [-0.2, -0.15) is 0 Å². The third-order valence-corrected chi connectivity index (χ3v) is 3.01. The maximum atomic E-state index is 9.58. The summed E-state index contributed by atoms with van der Waals surface area (Å²) in [5.41, 5.74) is 0. The molecular weight excluding hydrogens is 188 g/mol. The van der Waals surface area contributed by atoms with Crippen LogP contribution in [0.5, 0.6) is 0 Å². The van der Waals surface area contributed by atoms with Crippen molar-refractivity contribution in [1.82, 2.24) is 0 Å². The molecule has 2 heteroatoms. The van der Waals surface area contributed by atoms with Crippen LogP contribution in [0.25, 0.3) is 0 Å². The molecular formula is C13H22O2. The standard InChI is InChI=1S/C13H22O2/c1-4-11(3)13(14)15-9-12-7-5-10(2)6-8-12/h4-5,7,10-14H,1,6,8-9H2,2-3H3. The minimum absolute atomic E-state index is 0.00325.